The van der Waals surface area contributed by atoms with Crippen molar-refractivity contribution in [1.82, 2.24) is 29.3 Å². The smallest absolute Gasteiger partial charge is 0.274 e. The van der Waals surface area contributed by atoms with Gasteiger partial charge >= 0.3 is 0 Å². The fraction of sp³-hybridized carbons (Fsp3) is 0.176. The maximum absolute atomic E-state index is 12.8. The number of hydrogen-bond acceptors (Lipinski definition) is 5. The predicted molar refractivity (Wildman–Crippen MR) is 92.7 cm³/mol. The van der Waals surface area contributed by atoms with Gasteiger partial charge in [-0.2, -0.15) is 5.10 Å². The number of halogens is 1. The van der Waals surface area contributed by atoms with Crippen LogP contribution in [0.2, 0.25) is 5.02 Å². The van der Waals surface area contributed by atoms with Gasteiger partial charge in [-0.05, 0) is 30.3 Å². The monoisotopic (exact) mass is 368 g/mol. The van der Waals surface area contributed by atoms with Crippen molar-refractivity contribution in [3.8, 4) is 11.6 Å². The average Bonchev–Trinajstić information content (AvgIpc) is 3.38. The van der Waals surface area contributed by atoms with Crippen LogP contribution in [0, 0.1) is 0 Å². The van der Waals surface area contributed by atoms with Crippen LogP contribution in [0.3, 0.4) is 0 Å². The van der Waals surface area contributed by atoms with Crippen LogP contribution in [-0.2, 0) is 13.1 Å². The standard InChI is InChI=1S/C17H13ClN6O2/c18-11-3-4-12-8-13(21-24(12)9-11)17(25)22-5-6-23-15(10-22)19-20-16(23)14-2-1-7-26-14/h1-4,7-9H,5-6,10H2. The highest BCUT2D eigenvalue weighted by Gasteiger charge is 2.27. The lowest BCUT2D eigenvalue weighted by Crippen LogP contribution is -2.38. The molecule has 0 aliphatic carbocycles. The molecular formula is C17H13ClN6O2. The Kier molecular flexibility index (Phi) is 3.32. The molecule has 4 aromatic rings. The molecule has 0 saturated heterocycles. The zero-order chi connectivity index (χ0) is 17.7. The highest BCUT2D eigenvalue weighted by molar-refractivity contribution is 6.30. The summed E-state index contributed by atoms with van der Waals surface area (Å²) < 4.78 is 8.99. The van der Waals surface area contributed by atoms with E-state index in [-0.39, 0.29) is 5.91 Å². The maximum Gasteiger partial charge on any atom is 0.274 e. The highest BCUT2D eigenvalue weighted by Crippen LogP contribution is 2.23. The van der Waals surface area contributed by atoms with Crippen molar-refractivity contribution in [3.63, 3.8) is 0 Å². The molecule has 4 aromatic heterocycles. The second-order valence-corrected chi connectivity index (χ2v) is 6.48. The van der Waals surface area contributed by atoms with Crippen molar-refractivity contribution in [2.75, 3.05) is 6.54 Å². The SMILES string of the molecule is O=C(c1cc2ccc(Cl)cn2n1)N1CCn2c(nnc2-c2ccco2)C1. The van der Waals surface area contributed by atoms with Gasteiger partial charge in [-0.25, -0.2) is 4.52 Å². The van der Waals surface area contributed by atoms with E-state index in [0.29, 0.717) is 41.9 Å². The van der Waals surface area contributed by atoms with Crippen LogP contribution in [0.5, 0.6) is 0 Å². The second-order valence-electron chi connectivity index (χ2n) is 6.04. The summed E-state index contributed by atoms with van der Waals surface area (Å²) in [5.41, 5.74) is 1.20. The minimum absolute atomic E-state index is 0.140. The Morgan fingerprint density at radius 1 is 1.19 bits per heavy atom. The van der Waals surface area contributed by atoms with Crippen molar-refractivity contribution >= 4 is 23.0 Å². The maximum atomic E-state index is 12.8. The molecule has 0 spiro atoms. The molecule has 1 aliphatic heterocycles. The number of amides is 1. The van der Waals surface area contributed by atoms with E-state index < -0.39 is 0 Å². The van der Waals surface area contributed by atoms with Crippen LogP contribution in [-0.4, -0.2) is 41.7 Å². The lowest BCUT2D eigenvalue weighted by molar-refractivity contribution is 0.0701. The number of carbonyl (C=O) groups is 1. The zero-order valence-corrected chi connectivity index (χ0v) is 14.3. The number of fused-ring (bicyclic) bond motifs is 2. The summed E-state index contributed by atoms with van der Waals surface area (Å²) in [6, 6.07) is 9.01. The van der Waals surface area contributed by atoms with Crippen LogP contribution < -0.4 is 0 Å². The van der Waals surface area contributed by atoms with Gasteiger partial charge in [-0.3, -0.25) is 4.79 Å². The fourth-order valence-corrected chi connectivity index (χ4v) is 3.30. The number of hydrogen-bond donors (Lipinski definition) is 0. The summed E-state index contributed by atoms with van der Waals surface area (Å²) in [7, 11) is 0. The van der Waals surface area contributed by atoms with Gasteiger partial charge in [0.15, 0.2) is 23.1 Å². The largest absolute Gasteiger partial charge is 0.461 e. The zero-order valence-electron chi connectivity index (χ0n) is 13.5. The predicted octanol–water partition coefficient (Wildman–Crippen LogP) is 2.50. The molecule has 0 aromatic carbocycles. The van der Waals surface area contributed by atoms with E-state index in [2.05, 4.69) is 15.3 Å². The third kappa shape index (κ3) is 2.38. The summed E-state index contributed by atoms with van der Waals surface area (Å²) in [4.78, 5) is 14.6. The molecule has 1 aliphatic rings. The van der Waals surface area contributed by atoms with E-state index in [0.717, 1.165) is 11.3 Å². The van der Waals surface area contributed by atoms with E-state index in [1.807, 2.05) is 22.8 Å². The lowest BCUT2D eigenvalue weighted by atomic mass is 10.2. The van der Waals surface area contributed by atoms with E-state index in [9.17, 15) is 4.79 Å². The van der Waals surface area contributed by atoms with Gasteiger partial charge in [0.1, 0.15) is 0 Å². The van der Waals surface area contributed by atoms with Crippen LogP contribution in [0.15, 0.2) is 47.2 Å². The Balaban J connectivity index is 1.42. The molecule has 5 heterocycles. The first-order chi connectivity index (χ1) is 12.7. The first-order valence-electron chi connectivity index (χ1n) is 8.09. The van der Waals surface area contributed by atoms with E-state index >= 15 is 0 Å². The Morgan fingerprint density at radius 3 is 2.96 bits per heavy atom. The van der Waals surface area contributed by atoms with E-state index in [1.165, 1.54) is 0 Å². The summed E-state index contributed by atoms with van der Waals surface area (Å²) in [6.07, 6.45) is 3.28. The molecule has 0 N–H and O–H groups in total. The molecule has 8 nitrogen and oxygen atoms in total. The van der Waals surface area contributed by atoms with Crippen molar-refractivity contribution in [3.05, 3.63) is 59.3 Å². The van der Waals surface area contributed by atoms with Crippen molar-refractivity contribution in [2.45, 2.75) is 13.1 Å². The quantitative estimate of drug-likeness (QED) is 0.543. The molecule has 0 bridgehead atoms. The number of carbonyl (C=O) groups excluding carboxylic acids is 1. The van der Waals surface area contributed by atoms with Crippen LogP contribution in [0.1, 0.15) is 16.3 Å². The number of furan rings is 1. The van der Waals surface area contributed by atoms with Gasteiger partial charge in [0.2, 0.25) is 0 Å². The van der Waals surface area contributed by atoms with Crippen LogP contribution in [0.4, 0.5) is 0 Å². The van der Waals surface area contributed by atoms with Crippen molar-refractivity contribution in [1.29, 1.82) is 0 Å². The lowest BCUT2D eigenvalue weighted by Gasteiger charge is -2.27. The van der Waals surface area contributed by atoms with Gasteiger partial charge in [0.05, 0.1) is 23.3 Å². The van der Waals surface area contributed by atoms with E-state index in [1.54, 1.807) is 34.0 Å². The summed E-state index contributed by atoms with van der Waals surface area (Å²) >= 11 is 5.98. The van der Waals surface area contributed by atoms with Gasteiger partial charge in [-0.15, -0.1) is 10.2 Å². The van der Waals surface area contributed by atoms with Gasteiger partial charge in [0.25, 0.3) is 5.91 Å². The molecule has 0 saturated carbocycles. The van der Waals surface area contributed by atoms with Crippen molar-refractivity contribution < 1.29 is 9.21 Å². The number of aromatic nitrogens is 5. The van der Waals surface area contributed by atoms with Crippen molar-refractivity contribution in [2.24, 2.45) is 0 Å². The summed E-state index contributed by atoms with van der Waals surface area (Å²) in [5, 5.41) is 13.3. The first-order valence-corrected chi connectivity index (χ1v) is 8.47. The molecule has 130 valence electrons. The fourth-order valence-electron chi connectivity index (χ4n) is 3.15. The third-order valence-corrected chi connectivity index (χ3v) is 4.65. The van der Waals surface area contributed by atoms with Crippen LogP contribution in [0.25, 0.3) is 17.1 Å². The molecule has 0 atom stereocenters. The topological polar surface area (TPSA) is 81.5 Å². The normalized spacial score (nSPS) is 14.0. The first kappa shape index (κ1) is 15.2. The average molecular weight is 369 g/mol. The highest BCUT2D eigenvalue weighted by atomic mass is 35.5. The van der Waals surface area contributed by atoms with E-state index in [4.69, 9.17) is 16.0 Å². The minimum Gasteiger partial charge on any atom is -0.461 e. The van der Waals surface area contributed by atoms with Gasteiger partial charge in [0, 0.05) is 19.3 Å². The third-order valence-electron chi connectivity index (χ3n) is 4.42. The molecule has 0 radical (unpaired) electrons. The molecule has 9 heteroatoms. The summed E-state index contributed by atoms with van der Waals surface area (Å²) in [6.45, 7) is 1.52. The molecule has 0 unspecified atom stereocenters. The molecule has 5 rings (SSSR count). The Labute approximate surface area is 152 Å². The van der Waals surface area contributed by atoms with Gasteiger partial charge in [-0.1, -0.05) is 11.6 Å². The van der Waals surface area contributed by atoms with Crippen LogP contribution >= 0.6 is 11.6 Å². The second kappa shape index (κ2) is 5.70. The van der Waals surface area contributed by atoms with Gasteiger partial charge < -0.3 is 13.9 Å². The molecule has 0 fully saturated rings. The molecule has 26 heavy (non-hydrogen) atoms. The Morgan fingerprint density at radius 2 is 2.12 bits per heavy atom. The number of pyridine rings is 1. The molecule has 1 amide bonds. The molecular weight excluding hydrogens is 356 g/mol. The number of rotatable bonds is 2. The Hall–Kier alpha value is -3.13. The Bertz CT molecular complexity index is 1110. The minimum atomic E-state index is -0.140. The number of nitrogens with zero attached hydrogens (tertiary/aromatic N) is 6. The summed E-state index contributed by atoms with van der Waals surface area (Å²) in [5.74, 6) is 1.93.